The minimum atomic E-state index is -4.42. The maximum Gasteiger partial charge on any atom is 0.314 e. The molecule has 9 heteroatoms. The number of aromatic nitrogens is 4. The van der Waals surface area contributed by atoms with Crippen molar-refractivity contribution in [3.05, 3.63) is 6.33 Å². The van der Waals surface area contributed by atoms with Crippen molar-refractivity contribution in [1.82, 2.24) is 19.9 Å². The first-order chi connectivity index (χ1) is 6.48. The highest BCUT2D eigenvalue weighted by molar-refractivity contribution is 7.86. The Hall–Kier alpha value is -1.74. The fourth-order valence-corrected chi connectivity index (χ4v) is 1.63. The van der Waals surface area contributed by atoms with E-state index in [-0.39, 0.29) is 17.1 Å². The van der Waals surface area contributed by atoms with Crippen molar-refractivity contribution in [1.29, 1.82) is 0 Å². The second-order valence-electron chi connectivity index (χ2n) is 2.46. The summed E-state index contributed by atoms with van der Waals surface area (Å²) in [6.07, 6.45) is 1.23. The summed E-state index contributed by atoms with van der Waals surface area (Å²) in [6, 6.07) is 0. The van der Waals surface area contributed by atoms with E-state index in [0.717, 1.165) is 0 Å². The highest BCUT2D eigenvalue weighted by atomic mass is 32.2. The van der Waals surface area contributed by atoms with Gasteiger partial charge in [-0.05, 0) is 0 Å². The van der Waals surface area contributed by atoms with Gasteiger partial charge >= 0.3 is 10.1 Å². The molecule has 0 saturated carbocycles. The molecule has 0 saturated heterocycles. The van der Waals surface area contributed by atoms with Gasteiger partial charge in [-0.2, -0.15) is 18.4 Å². The Morgan fingerprint density at radius 3 is 2.79 bits per heavy atom. The van der Waals surface area contributed by atoms with Gasteiger partial charge < -0.3 is 10.7 Å². The van der Waals surface area contributed by atoms with Gasteiger partial charge in [0.25, 0.3) is 0 Å². The second kappa shape index (κ2) is 2.62. The molecule has 0 bridgehead atoms. The number of hydrogen-bond acceptors (Lipinski definition) is 6. The van der Waals surface area contributed by atoms with Crippen molar-refractivity contribution in [2.24, 2.45) is 0 Å². The van der Waals surface area contributed by atoms with Crippen LogP contribution in [0.1, 0.15) is 0 Å². The number of imidazole rings is 1. The molecule has 0 fully saturated rings. The largest absolute Gasteiger partial charge is 0.368 e. The van der Waals surface area contributed by atoms with Crippen molar-refractivity contribution >= 4 is 27.2 Å². The van der Waals surface area contributed by atoms with E-state index in [0.29, 0.717) is 0 Å². The van der Waals surface area contributed by atoms with Crippen molar-refractivity contribution in [3.8, 4) is 0 Å². The van der Waals surface area contributed by atoms with Crippen LogP contribution >= 0.6 is 0 Å². The van der Waals surface area contributed by atoms with Crippen molar-refractivity contribution in [2.75, 3.05) is 5.73 Å². The van der Waals surface area contributed by atoms with Crippen LogP contribution in [0.25, 0.3) is 11.2 Å². The Bertz CT molecular complexity index is 588. The molecule has 0 aliphatic rings. The molecule has 4 N–H and O–H groups in total. The minimum Gasteiger partial charge on any atom is -0.368 e. The van der Waals surface area contributed by atoms with Crippen LogP contribution in [-0.2, 0) is 10.1 Å². The predicted molar refractivity (Wildman–Crippen MR) is 45.9 cm³/mol. The van der Waals surface area contributed by atoms with Crippen LogP contribution in [0.4, 0.5) is 5.95 Å². The number of hydrogen-bond donors (Lipinski definition) is 3. The zero-order chi connectivity index (χ0) is 10.3. The van der Waals surface area contributed by atoms with Crippen LogP contribution in [0, 0.1) is 0 Å². The number of aromatic amines is 1. The molecule has 2 heterocycles. The Morgan fingerprint density at radius 1 is 1.43 bits per heavy atom. The summed E-state index contributed by atoms with van der Waals surface area (Å²) in [5.74, 6) is -0.266. The molecule has 0 atom stereocenters. The van der Waals surface area contributed by atoms with E-state index < -0.39 is 15.1 Å². The summed E-state index contributed by atoms with van der Waals surface area (Å²) in [5, 5.41) is -0.572. The summed E-state index contributed by atoms with van der Waals surface area (Å²) >= 11 is 0. The van der Waals surface area contributed by atoms with Gasteiger partial charge in [-0.15, -0.1) is 0 Å². The van der Waals surface area contributed by atoms with E-state index in [2.05, 4.69) is 19.9 Å². The second-order valence-corrected chi connectivity index (χ2v) is 3.80. The number of rotatable bonds is 1. The highest BCUT2D eigenvalue weighted by Crippen LogP contribution is 2.16. The van der Waals surface area contributed by atoms with Crippen molar-refractivity contribution < 1.29 is 13.0 Å². The van der Waals surface area contributed by atoms with E-state index in [1.165, 1.54) is 6.33 Å². The molecule has 0 spiro atoms. The van der Waals surface area contributed by atoms with Gasteiger partial charge in [-0.25, -0.2) is 4.98 Å². The molecule has 2 aromatic heterocycles. The zero-order valence-corrected chi connectivity index (χ0v) is 7.48. The lowest BCUT2D eigenvalue weighted by Crippen LogP contribution is -2.06. The predicted octanol–water partition coefficient (Wildman–Crippen LogP) is -0.818. The van der Waals surface area contributed by atoms with Gasteiger partial charge in [0.2, 0.25) is 11.0 Å². The number of nitrogen functional groups attached to an aromatic ring is 1. The Labute approximate surface area is 77.9 Å². The Kier molecular flexibility index (Phi) is 1.66. The lowest BCUT2D eigenvalue weighted by molar-refractivity contribution is 0.480. The lowest BCUT2D eigenvalue weighted by Gasteiger charge is -1.98. The first kappa shape index (κ1) is 8.84. The van der Waals surface area contributed by atoms with Gasteiger partial charge in [0.1, 0.15) is 5.52 Å². The maximum atomic E-state index is 10.9. The van der Waals surface area contributed by atoms with E-state index in [1.54, 1.807) is 0 Å². The summed E-state index contributed by atoms with van der Waals surface area (Å²) in [5.41, 5.74) is 5.35. The maximum absolute atomic E-state index is 10.9. The zero-order valence-electron chi connectivity index (χ0n) is 6.67. The van der Waals surface area contributed by atoms with Gasteiger partial charge in [-0.1, -0.05) is 0 Å². The third kappa shape index (κ3) is 1.28. The lowest BCUT2D eigenvalue weighted by atomic mass is 10.5. The summed E-state index contributed by atoms with van der Waals surface area (Å²) < 4.78 is 30.5. The fourth-order valence-electron chi connectivity index (χ4n) is 1.01. The monoisotopic (exact) mass is 215 g/mol. The quantitative estimate of drug-likeness (QED) is 0.417. The highest BCUT2D eigenvalue weighted by Gasteiger charge is 2.19. The number of nitrogens with two attached hydrogens (primary N) is 1. The molecule has 0 unspecified atom stereocenters. The smallest absolute Gasteiger partial charge is 0.314 e. The normalized spacial score (nSPS) is 12.1. The third-order valence-corrected chi connectivity index (χ3v) is 2.30. The summed E-state index contributed by atoms with van der Waals surface area (Å²) in [4.78, 5) is 13.2. The van der Waals surface area contributed by atoms with Crippen LogP contribution in [0.15, 0.2) is 11.4 Å². The van der Waals surface area contributed by atoms with E-state index in [9.17, 15) is 8.42 Å². The minimum absolute atomic E-state index is 0.0294. The van der Waals surface area contributed by atoms with Crippen molar-refractivity contribution in [3.63, 3.8) is 0 Å². The molecular weight excluding hydrogens is 210 g/mol. The van der Waals surface area contributed by atoms with Gasteiger partial charge in [0, 0.05) is 0 Å². The standard InChI is InChI=1S/C5H5N5O3S/c6-5-9-3-2(7-1-8-3)4(10-5)14(11,12)13/h1H,(H,11,12,13)(H3,6,7,8,9,10). The Balaban J connectivity index is 2.94. The van der Waals surface area contributed by atoms with Gasteiger partial charge in [0.05, 0.1) is 6.33 Å². The molecule has 2 rings (SSSR count). The Morgan fingerprint density at radius 2 is 2.14 bits per heavy atom. The number of fused-ring (bicyclic) bond motifs is 1. The molecule has 74 valence electrons. The molecule has 0 amide bonds. The molecular formula is C5H5N5O3S. The first-order valence-corrected chi connectivity index (χ1v) is 4.86. The molecule has 0 radical (unpaired) electrons. The molecule has 8 nitrogen and oxygen atoms in total. The number of anilines is 1. The molecule has 14 heavy (non-hydrogen) atoms. The number of H-pyrrole nitrogens is 1. The average Bonchev–Trinajstić information content (AvgIpc) is 2.47. The van der Waals surface area contributed by atoms with Crippen LogP contribution in [0.3, 0.4) is 0 Å². The molecule has 0 aliphatic heterocycles. The van der Waals surface area contributed by atoms with Crippen LogP contribution in [-0.4, -0.2) is 32.9 Å². The van der Waals surface area contributed by atoms with E-state index >= 15 is 0 Å². The topological polar surface area (TPSA) is 135 Å². The van der Waals surface area contributed by atoms with Gasteiger partial charge in [-0.3, -0.25) is 4.55 Å². The fraction of sp³-hybridized carbons (Fsp3) is 0. The van der Waals surface area contributed by atoms with Crippen molar-refractivity contribution in [2.45, 2.75) is 5.03 Å². The van der Waals surface area contributed by atoms with Gasteiger partial charge in [0.15, 0.2) is 5.65 Å². The van der Waals surface area contributed by atoms with E-state index in [1.807, 2.05) is 0 Å². The number of nitrogens with zero attached hydrogens (tertiary/aromatic N) is 3. The van der Waals surface area contributed by atoms with Crippen LogP contribution < -0.4 is 5.73 Å². The SMILES string of the molecule is Nc1nc(S(=O)(=O)O)c2[nH]cnc2n1. The average molecular weight is 215 g/mol. The first-order valence-electron chi connectivity index (χ1n) is 3.42. The molecule has 2 aromatic rings. The molecule has 0 aliphatic carbocycles. The summed E-state index contributed by atoms with van der Waals surface area (Å²) in [7, 11) is -4.42. The van der Waals surface area contributed by atoms with Crippen LogP contribution in [0.5, 0.6) is 0 Å². The molecule has 0 aromatic carbocycles. The van der Waals surface area contributed by atoms with Crippen LogP contribution in [0.2, 0.25) is 0 Å². The third-order valence-electron chi connectivity index (χ3n) is 1.51. The number of nitrogens with one attached hydrogen (secondary N) is 1. The summed E-state index contributed by atoms with van der Waals surface area (Å²) in [6.45, 7) is 0. The van der Waals surface area contributed by atoms with E-state index in [4.69, 9.17) is 10.3 Å².